The van der Waals surface area contributed by atoms with Gasteiger partial charge in [-0.3, -0.25) is 9.40 Å². The van der Waals surface area contributed by atoms with Crippen LogP contribution in [0.5, 0.6) is 5.75 Å². The first-order chi connectivity index (χ1) is 12.0. The van der Waals surface area contributed by atoms with Gasteiger partial charge in [0.1, 0.15) is 12.4 Å². The minimum atomic E-state index is -3.67. The predicted molar refractivity (Wildman–Crippen MR) is 96.2 cm³/mol. The lowest BCUT2D eigenvalue weighted by molar-refractivity contribution is 0.292. The molecule has 3 rings (SSSR count). The fourth-order valence-corrected chi connectivity index (χ4v) is 3.35. The zero-order valence-corrected chi connectivity index (χ0v) is 14.6. The van der Waals surface area contributed by atoms with Crippen molar-refractivity contribution in [3.63, 3.8) is 0 Å². The Bertz CT molecular complexity index is 920. The van der Waals surface area contributed by atoms with Crippen LogP contribution < -0.4 is 9.46 Å². The van der Waals surface area contributed by atoms with Crippen LogP contribution in [-0.2, 0) is 16.6 Å². The Labute approximate surface area is 147 Å². The molecule has 0 spiro atoms. The second-order valence-corrected chi connectivity index (χ2v) is 7.21. The number of aryl methyl sites for hydroxylation is 1. The van der Waals surface area contributed by atoms with Crippen molar-refractivity contribution in [1.82, 2.24) is 9.78 Å². The van der Waals surface area contributed by atoms with Gasteiger partial charge in [-0.05, 0) is 37.3 Å². The number of benzene rings is 2. The lowest BCUT2D eigenvalue weighted by Gasteiger charge is -2.14. The minimum Gasteiger partial charge on any atom is -0.489 e. The Morgan fingerprint density at radius 1 is 1.08 bits per heavy atom. The molecule has 0 fully saturated rings. The van der Waals surface area contributed by atoms with E-state index in [0.29, 0.717) is 24.6 Å². The van der Waals surface area contributed by atoms with Gasteiger partial charge < -0.3 is 4.74 Å². The molecule has 6 nitrogen and oxygen atoms in total. The van der Waals surface area contributed by atoms with Gasteiger partial charge in [-0.15, -0.1) is 0 Å². The molecule has 25 heavy (non-hydrogen) atoms. The molecule has 0 unspecified atom stereocenters. The smallest absolute Gasteiger partial charge is 0.262 e. The molecule has 0 aliphatic heterocycles. The third kappa shape index (κ3) is 4.39. The molecule has 7 heteroatoms. The molecule has 1 N–H and O–H groups in total. The van der Waals surface area contributed by atoms with Gasteiger partial charge in [-0.25, -0.2) is 8.42 Å². The molecular formula is C18H19N3O3S. The van der Waals surface area contributed by atoms with Gasteiger partial charge in [0.2, 0.25) is 0 Å². The molecule has 1 aromatic heterocycles. The first kappa shape index (κ1) is 17.0. The third-order valence-electron chi connectivity index (χ3n) is 3.60. The summed E-state index contributed by atoms with van der Waals surface area (Å²) in [6.45, 7) is 2.86. The van der Waals surface area contributed by atoms with E-state index in [9.17, 15) is 8.42 Å². The quantitative estimate of drug-likeness (QED) is 0.705. The molecule has 2 aromatic carbocycles. The van der Waals surface area contributed by atoms with Gasteiger partial charge in [-0.1, -0.05) is 29.8 Å². The molecule has 1 heterocycles. The van der Waals surface area contributed by atoms with E-state index in [2.05, 4.69) is 9.82 Å². The third-order valence-corrected chi connectivity index (χ3v) is 4.98. The van der Waals surface area contributed by atoms with Crippen LogP contribution in [0.2, 0.25) is 0 Å². The maximum absolute atomic E-state index is 12.5. The molecule has 3 aromatic rings. The summed E-state index contributed by atoms with van der Waals surface area (Å²) in [5.74, 6) is 0.477. The van der Waals surface area contributed by atoms with E-state index in [0.717, 1.165) is 5.56 Å². The van der Waals surface area contributed by atoms with Crippen LogP contribution in [0.3, 0.4) is 0 Å². The number of sulfonamides is 1. The SMILES string of the molecule is Cc1ccc(S(=O)(=O)Nc2ccccc2OCCn2cccn2)cc1. The standard InChI is InChI=1S/C18H19N3O3S/c1-15-7-9-16(10-8-15)25(22,23)20-17-5-2-3-6-18(17)24-14-13-21-12-4-11-19-21/h2-12,20H,13-14H2,1H3. The van der Waals surface area contributed by atoms with Crippen LogP contribution in [0.25, 0.3) is 0 Å². The van der Waals surface area contributed by atoms with Crippen molar-refractivity contribution >= 4 is 15.7 Å². The number of para-hydroxylation sites is 2. The molecular weight excluding hydrogens is 338 g/mol. The van der Waals surface area contributed by atoms with Crippen LogP contribution >= 0.6 is 0 Å². The van der Waals surface area contributed by atoms with Crippen LogP contribution in [0.15, 0.2) is 71.9 Å². The number of hydrogen-bond donors (Lipinski definition) is 1. The summed E-state index contributed by atoms with van der Waals surface area (Å²) in [6.07, 6.45) is 3.54. The summed E-state index contributed by atoms with van der Waals surface area (Å²) in [5, 5.41) is 4.10. The number of nitrogens with zero attached hydrogens (tertiary/aromatic N) is 2. The lowest BCUT2D eigenvalue weighted by atomic mass is 10.2. The molecule has 0 atom stereocenters. The van der Waals surface area contributed by atoms with Crippen LogP contribution in [-0.4, -0.2) is 24.8 Å². The first-order valence-corrected chi connectivity index (χ1v) is 9.32. The van der Waals surface area contributed by atoms with Crippen LogP contribution in [0, 0.1) is 6.92 Å². The fraction of sp³-hybridized carbons (Fsp3) is 0.167. The van der Waals surface area contributed by atoms with E-state index in [1.807, 2.05) is 19.2 Å². The Balaban J connectivity index is 1.72. The summed E-state index contributed by atoms with van der Waals surface area (Å²) in [4.78, 5) is 0.212. The molecule has 0 bridgehead atoms. The van der Waals surface area contributed by atoms with Gasteiger partial charge in [0.05, 0.1) is 17.1 Å². The van der Waals surface area contributed by atoms with E-state index in [-0.39, 0.29) is 4.90 Å². The zero-order valence-electron chi connectivity index (χ0n) is 13.8. The highest BCUT2D eigenvalue weighted by molar-refractivity contribution is 7.92. The van der Waals surface area contributed by atoms with Gasteiger partial charge in [-0.2, -0.15) is 5.10 Å². The highest BCUT2D eigenvalue weighted by Gasteiger charge is 2.16. The number of rotatable bonds is 7. The van der Waals surface area contributed by atoms with Gasteiger partial charge in [0.25, 0.3) is 10.0 Å². The largest absolute Gasteiger partial charge is 0.489 e. The number of nitrogens with one attached hydrogen (secondary N) is 1. The van der Waals surface area contributed by atoms with E-state index in [4.69, 9.17) is 4.74 Å². The molecule has 0 saturated carbocycles. The Hall–Kier alpha value is -2.80. The van der Waals surface area contributed by atoms with E-state index < -0.39 is 10.0 Å². The predicted octanol–water partition coefficient (Wildman–Crippen LogP) is 3.07. The molecule has 0 aliphatic carbocycles. The lowest BCUT2D eigenvalue weighted by Crippen LogP contribution is -2.15. The second kappa shape index (κ2) is 7.40. The van der Waals surface area contributed by atoms with Crippen molar-refractivity contribution in [2.75, 3.05) is 11.3 Å². The molecule has 0 saturated heterocycles. The second-order valence-electron chi connectivity index (χ2n) is 5.53. The monoisotopic (exact) mass is 357 g/mol. The van der Waals surface area contributed by atoms with E-state index in [1.165, 1.54) is 0 Å². The van der Waals surface area contributed by atoms with Crippen LogP contribution in [0.1, 0.15) is 5.56 Å². The number of anilines is 1. The normalized spacial score (nSPS) is 11.2. The van der Waals surface area contributed by atoms with Crippen molar-refractivity contribution in [2.45, 2.75) is 18.4 Å². The highest BCUT2D eigenvalue weighted by atomic mass is 32.2. The maximum atomic E-state index is 12.5. The topological polar surface area (TPSA) is 73.2 Å². The highest BCUT2D eigenvalue weighted by Crippen LogP contribution is 2.26. The Morgan fingerprint density at radius 3 is 2.56 bits per heavy atom. The molecule has 130 valence electrons. The van der Waals surface area contributed by atoms with Gasteiger partial charge in [0, 0.05) is 12.4 Å². The minimum absolute atomic E-state index is 0.212. The van der Waals surface area contributed by atoms with Gasteiger partial charge in [0.15, 0.2) is 0 Å². The summed E-state index contributed by atoms with van der Waals surface area (Å²) in [5.41, 5.74) is 1.41. The van der Waals surface area contributed by atoms with Crippen molar-refractivity contribution in [1.29, 1.82) is 0 Å². The average Bonchev–Trinajstić information content (AvgIpc) is 3.10. The summed E-state index contributed by atoms with van der Waals surface area (Å²) in [6, 6.07) is 15.5. The van der Waals surface area contributed by atoms with Crippen molar-refractivity contribution in [3.05, 3.63) is 72.6 Å². The maximum Gasteiger partial charge on any atom is 0.262 e. The van der Waals surface area contributed by atoms with E-state index in [1.54, 1.807) is 59.4 Å². The fourth-order valence-electron chi connectivity index (χ4n) is 2.28. The number of aromatic nitrogens is 2. The van der Waals surface area contributed by atoms with Crippen LogP contribution in [0.4, 0.5) is 5.69 Å². The summed E-state index contributed by atoms with van der Waals surface area (Å²) < 4.78 is 35.2. The van der Waals surface area contributed by atoms with Crippen molar-refractivity contribution in [3.8, 4) is 5.75 Å². The molecule has 0 amide bonds. The summed E-state index contributed by atoms with van der Waals surface area (Å²) >= 11 is 0. The zero-order chi connectivity index (χ0) is 17.7. The van der Waals surface area contributed by atoms with Gasteiger partial charge >= 0.3 is 0 Å². The van der Waals surface area contributed by atoms with E-state index >= 15 is 0 Å². The van der Waals surface area contributed by atoms with Crippen molar-refractivity contribution < 1.29 is 13.2 Å². The molecule has 0 radical (unpaired) electrons. The van der Waals surface area contributed by atoms with Crippen molar-refractivity contribution in [2.24, 2.45) is 0 Å². The Morgan fingerprint density at radius 2 is 1.84 bits per heavy atom. The average molecular weight is 357 g/mol. The molecule has 0 aliphatic rings. The Kier molecular flexibility index (Phi) is 5.04. The number of ether oxygens (including phenoxy) is 1. The number of hydrogen-bond acceptors (Lipinski definition) is 4. The summed E-state index contributed by atoms with van der Waals surface area (Å²) in [7, 11) is -3.67. The first-order valence-electron chi connectivity index (χ1n) is 7.83.